The first-order chi connectivity index (χ1) is 9.43. The summed E-state index contributed by atoms with van der Waals surface area (Å²) < 4.78 is 14.3. The summed E-state index contributed by atoms with van der Waals surface area (Å²) in [6.45, 7) is 0.506. The molecule has 0 radical (unpaired) electrons. The number of nitrogens with zero attached hydrogens (tertiary/aromatic N) is 2. The van der Waals surface area contributed by atoms with E-state index in [2.05, 4.69) is 8.75 Å². The van der Waals surface area contributed by atoms with Crippen LogP contribution >= 0.6 is 11.7 Å². The molecule has 4 heteroatoms. The number of hydrogen-bond acceptors (Lipinski definition) is 4. The second-order valence-electron chi connectivity index (χ2n) is 4.06. The average molecular weight is 268 g/mol. The Morgan fingerprint density at radius 1 is 0.842 bits per heavy atom. The van der Waals surface area contributed by atoms with Gasteiger partial charge in [-0.3, -0.25) is 0 Å². The molecule has 0 aliphatic heterocycles. The van der Waals surface area contributed by atoms with Crippen LogP contribution in [0.1, 0.15) is 5.56 Å². The van der Waals surface area contributed by atoms with Crippen molar-refractivity contribution in [3.63, 3.8) is 0 Å². The molecular weight excluding hydrogens is 256 g/mol. The van der Waals surface area contributed by atoms with Gasteiger partial charge < -0.3 is 4.74 Å². The monoisotopic (exact) mass is 268 g/mol. The van der Waals surface area contributed by atoms with Crippen molar-refractivity contribution in [1.29, 1.82) is 0 Å². The lowest BCUT2D eigenvalue weighted by Crippen LogP contribution is -1.96. The molecule has 2 aromatic carbocycles. The van der Waals surface area contributed by atoms with Gasteiger partial charge in [-0.1, -0.05) is 60.7 Å². The summed E-state index contributed by atoms with van der Waals surface area (Å²) in [4.78, 5) is 0. The smallest absolute Gasteiger partial charge is 0.254 e. The van der Waals surface area contributed by atoms with E-state index in [9.17, 15) is 0 Å². The quantitative estimate of drug-likeness (QED) is 0.722. The molecule has 0 aliphatic carbocycles. The second kappa shape index (κ2) is 5.63. The van der Waals surface area contributed by atoms with E-state index in [0.29, 0.717) is 12.5 Å². The van der Waals surface area contributed by atoms with Crippen LogP contribution in [0.2, 0.25) is 0 Å². The first-order valence-corrected chi connectivity index (χ1v) is 6.71. The third kappa shape index (κ3) is 2.80. The summed E-state index contributed by atoms with van der Waals surface area (Å²) in [6.07, 6.45) is 0. The Bertz CT molecular complexity index is 638. The third-order valence-corrected chi connectivity index (χ3v) is 3.24. The van der Waals surface area contributed by atoms with Crippen molar-refractivity contribution in [2.45, 2.75) is 6.61 Å². The van der Waals surface area contributed by atoms with E-state index in [1.165, 1.54) is 11.7 Å². The summed E-state index contributed by atoms with van der Waals surface area (Å²) >= 11 is 1.17. The van der Waals surface area contributed by atoms with Gasteiger partial charge in [0.25, 0.3) is 5.88 Å². The summed E-state index contributed by atoms with van der Waals surface area (Å²) in [7, 11) is 0. The minimum atomic E-state index is 0.506. The van der Waals surface area contributed by atoms with Gasteiger partial charge in [0.05, 0.1) is 11.7 Å². The lowest BCUT2D eigenvalue weighted by Gasteiger charge is -2.04. The van der Waals surface area contributed by atoms with E-state index in [1.807, 2.05) is 60.7 Å². The average Bonchev–Trinajstić information content (AvgIpc) is 2.95. The number of benzene rings is 2. The maximum absolute atomic E-state index is 5.75. The molecule has 3 rings (SSSR count). The molecule has 0 aliphatic rings. The predicted molar refractivity (Wildman–Crippen MR) is 76.1 cm³/mol. The van der Waals surface area contributed by atoms with Crippen LogP contribution in [0.3, 0.4) is 0 Å². The molecule has 0 unspecified atom stereocenters. The number of ether oxygens (including phenoxy) is 1. The van der Waals surface area contributed by atoms with Crippen LogP contribution in [-0.2, 0) is 6.61 Å². The van der Waals surface area contributed by atoms with Gasteiger partial charge in [-0.05, 0) is 5.56 Å². The van der Waals surface area contributed by atoms with Crippen molar-refractivity contribution in [2.75, 3.05) is 0 Å². The topological polar surface area (TPSA) is 35.0 Å². The number of hydrogen-bond donors (Lipinski definition) is 0. The zero-order chi connectivity index (χ0) is 12.9. The summed E-state index contributed by atoms with van der Waals surface area (Å²) in [6, 6.07) is 20.0. The Morgan fingerprint density at radius 2 is 1.53 bits per heavy atom. The second-order valence-corrected chi connectivity index (χ2v) is 4.59. The minimum Gasteiger partial charge on any atom is -0.471 e. The highest BCUT2D eigenvalue weighted by Gasteiger charge is 2.11. The van der Waals surface area contributed by atoms with Crippen molar-refractivity contribution in [2.24, 2.45) is 0 Å². The van der Waals surface area contributed by atoms with Crippen molar-refractivity contribution < 1.29 is 4.74 Å². The van der Waals surface area contributed by atoms with Gasteiger partial charge >= 0.3 is 0 Å². The zero-order valence-corrected chi connectivity index (χ0v) is 11.0. The van der Waals surface area contributed by atoms with Gasteiger partial charge in [-0.15, -0.1) is 4.37 Å². The van der Waals surface area contributed by atoms with E-state index in [0.717, 1.165) is 16.8 Å². The van der Waals surface area contributed by atoms with Gasteiger partial charge in [-0.2, -0.15) is 4.37 Å². The lowest BCUT2D eigenvalue weighted by molar-refractivity contribution is 0.298. The number of aromatic nitrogens is 2. The molecule has 0 saturated carbocycles. The first-order valence-electron chi connectivity index (χ1n) is 5.98. The van der Waals surface area contributed by atoms with Gasteiger partial charge in [-0.25, -0.2) is 0 Å². The maximum Gasteiger partial charge on any atom is 0.254 e. The molecule has 94 valence electrons. The minimum absolute atomic E-state index is 0.506. The molecule has 1 heterocycles. The SMILES string of the molecule is c1ccc(COc2nsnc2-c2ccccc2)cc1. The molecule has 0 fully saturated rings. The van der Waals surface area contributed by atoms with Gasteiger partial charge in [0.1, 0.15) is 12.3 Å². The standard InChI is InChI=1S/C15H12N2OS/c1-3-7-12(8-4-1)11-18-15-14(16-19-17-15)13-9-5-2-6-10-13/h1-10H,11H2. The van der Waals surface area contributed by atoms with E-state index < -0.39 is 0 Å². The van der Waals surface area contributed by atoms with Crippen LogP contribution in [0.4, 0.5) is 0 Å². The summed E-state index contributed by atoms with van der Waals surface area (Å²) in [5.74, 6) is 0.597. The van der Waals surface area contributed by atoms with Gasteiger partial charge in [0.2, 0.25) is 0 Å². The highest BCUT2D eigenvalue weighted by molar-refractivity contribution is 6.99. The molecular formula is C15H12N2OS. The Morgan fingerprint density at radius 3 is 2.26 bits per heavy atom. The molecule has 0 saturated heterocycles. The fraction of sp³-hybridized carbons (Fsp3) is 0.0667. The summed E-state index contributed by atoms with van der Waals surface area (Å²) in [5.41, 5.74) is 2.95. The molecule has 3 aromatic rings. The van der Waals surface area contributed by atoms with Gasteiger partial charge in [0, 0.05) is 5.56 Å². The highest BCUT2D eigenvalue weighted by Crippen LogP contribution is 2.27. The highest BCUT2D eigenvalue weighted by atomic mass is 32.1. The van der Waals surface area contributed by atoms with Gasteiger partial charge in [0.15, 0.2) is 0 Å². The van der Waals surface area contributed by atoms with Crippen molar-refractivity contribution in [1.82, 2.24) is 8.75 Å². The van der Waals surface area contributed by atoms with E-state index in [1.54, 1.807) is 0 Å². The number of rotatable bonds is 4. The lowest BCUT2D eigenvalue weighted by atomic mass is 10.2. The molecule has 3 nitrogen and oxygen atoms in total. The fourth-order valence-electron chi connectivity index (χ4n) is 1.77. The Hall–Kier alpha value is -2.20. The van der Waals surface area contributed by atoms with Crippen molar-refractivity contribution >= 4 is 11.7 Å². The zero-order valence-electron chi connectivity index (χ0n) is 10.2. The Balaban J connectivity index is 1.78. The molecule has 0 amide bonds. The Labute approximate surface area is 115 Å². The van der Waals surface area contributed by atoms with Crippen LogP contribution in [0.5, 0.6) is 5.88 Å². The summed E-state index contributed by atoms with van der Waals surface area (Å²) in [5, 5.41) is 0. The molecule has 0 bridgehead atoms. The van der Waals surface area contributed by atoms with Crippen molar-refractivity contribution in [3.05, 3.63) is 66.2 Å². The normalized spacial score (nSPS) is 10.3. The Kier molecular flexibility index (Phi) is 3.51. The van der Waals surface area contributed by atoms with E-state index in [-0.39, 0.29) is 0 Å². The van der Waals surface area contributed by atoms with Crippen LogP contribution < -0.4 is 4.74 Å². The molecule has 0 spiro atoms. The van der Waals surface area contributed by atoms with Crippen LogP contribution in [-0.4, -0.2) is 8.75 Å². The maximum atomic E-state index is 5.75. The first kappa shape index (κ1) is 11.9. The van der Waals surface area contributed by atoms with Crippen LogP contribution in [0.15, 0.2) is 60.7 Å². The molecule has 1 aromatic heterocycles. The third-order valence-electron chi connectivity index (χ3n) is 2.72. The molecule has 0 N–H and O–H groups in total. The molecule has 19 heavy (non-hydrogen) atoms. The van der Waals surface area contributed by atoms with E-state index in [4.69, 9.17) is 4.74 Å². The molecule has 0 atom stereocenters. The van der Waals surface area contributed by atoms with E-state index >= 15 is 0 Å². The van der Waals surface area contributed by atoms with Crippen molar-refractivity contribution in [3.8, 4) is 17.1 Å². The predicted octanol–water partition coefficient (Wildman–Crippen LogP) is 3.78. The van der Waals surface area contributed by atoms with Crippen LogP contribution in [0, 0.1) is 0 Å². The van der Waals surface area contributed by atoms with Crippen LogP contribution in [0.25, 0.3) is 11.3 Å². The fourth-order valence-corrected chi connectivity index (χ4v) is 2.29. The largest absolute Gasteiger partial charge is 0.471 e.